The number of hydrogen-bond acceptors (Lipinski definition) is 4. The highest BCUT2D eigenvalue weighted by Gasteiger charge is 2.25. The molecule has 154 valence electrons. The van der Waals surface area contributed by atoms with Gasteiger partial charge in [-0.05, 0) is 68.0 Å². The summed E-state index contributed by atoms with van der Waals surface area (Å²) in [5, 5.41) is 3.03. The first-order valence-corrected chi connectivity index (χ1v) is 10.4. The number of aryl methyl sites for hydroxylation is 1. The summed E-state index contributed by atoms with van der Waals surface area (Å²) >= 11 is 0. The highest BCUT2D eigenvalue weighted by molar-refractivity contribution is 5.92. The summed E-state index contributed by atoms with van der Waals surface area (Å²) in [5.41, 5.74) is 2.83. The van der Waals surface area contributed by atoms with Gasteiger partial charge in [0.05, 0.1) is 18.2 Å². The lowest BCUT2D eigenvalue weighted by atomic mass is 9.87. The van der Waals surface area contributed by atoms with Crippen molar-refractivity contribution < 1.29 is 19.1 Å². The van der Waals surface area contributed by atoms with E-state index in [1.165, 1.54) is 5.56 Å². The fourth-order valence-electron chi connectivity index (χ4n) is 3.50. The summed E-state index contributed by atoms with van der Waals surface area (Å²) in [6.07, 6.45) is 4.15. The maximum Gasteiger partial charge on any atom is 0.338 e. The summed E-state index contributed by atoms with van der Waals surface area (Å²) in [4.78, 5) is 25.0. The first-order valence-electron chi connectivity index (χ1n) is 10.4. The van der Waals surface area contributed by atoms with E-state index in [1.807, 2.05) is 12.1 Å². The van der Waals surface area contributed by atoms with Crippen molar-refractivity contribution >= 4 is 11.9 Å². The fraction of sp³-hybridized carbons (Fsp3) is 0.417. The Bertz CT molecular complexity index is 831. The Morgan fingerprint density at radius 2 is 1.90 bits per heavy atom. The minimum Gasteiger partial charge on any atom is -0.494 e. The second-order valence-corrected chi connectivity index (χ2v) is 7.43. The lowest BCUT2D eigenvalue weighted by molar-refractivity contribution is -0.130. The van der Waals surface area contributed by atoms with Gasteiger partial charge in [0.25, 0.3) is 5.91 Å². The molecule has 0 aromatic heterocycles. The molecular formula is C24H29NO4. The Labute approximate surface area is 172 Å². The summed E-state index contributed by atoms with van der Waals surface area (Å²) in [5.74, 6) is -0.0758. The topological polar surface area (TPSA) is 64.6 Å². The van der Waals surface area contributed by atoms with Gasteiger partial charge in [0.2, 0.25) is 0 Å². The molecule has 0 saturated carbocycles. The number of benzene rings is 2. The predicted molar refractivity (Wildman–Crippen MR) is 112 cm³/mol. The highest BCUT2D eigenvalue weighted by Crippen LogP contribution is 2.29. The van der Waals surface area contributed by atoms with Crippen molar-refractivity contribution in [2.75, 3.05) is 6.61 Å². The molecule has 5 heteroatoms. The molecule has 1 amide bonds. The van der Waals surface area contributed by atoms with Crippen molar-refractivity contribution in [3.8, 4) is 5.75 Å². The number of hydrogen-bond donors (Lipinski definition) is 1. The van der Waals surface area contributed by atoms with Crippen LogP contribution in [0.4, 0.5) is 0 Å². The standard InChI is InChI=1S/C24H29NO4/c1-3-4-16-28-20-14-12-19(13-15-20)24(27)29-17(2)23(26)25-22-11-7-9-18-8-5-6-10-21(18)22/h5-6,8,10,12-15,17,22H,3-4,7,9,11,16H2,1-2H3,(H,25,26). The van der Waals surface area contributed by atoms with Crippen molar-refractivity contribution in [3.05, 3.63) is 65.2 Å². The summed E-state index contributed by atoms with van der Waals surface area (Å²) in [7, 11) is 0. The number of unbranched alkanes of at least 4 members (excludes halogenated alkanes) is 1. The third-order valence-corrected chi connectivity index (χ3v) is 5.20. The minimum absolute atomic E-state index is 0.0341. The number of carbonyl (C=O) groups excluding carboxylic acids is 2. The van der Waals surface area contributed by atoms with E-state index in [-0.39, 0.29) is 11.9 Å². The van der Waals surface area contributed by atoms with E-state index in [1.54, 1.807) is 31.2 Å². The Morgan fingerprint density at radius 3 is 2.66 bits per heavy atom. The smallest absolute Gasteiger partial charge is 0.338 e. The van der Waals surface area contributed by atoms with Crippen LogP contribution in [0.1, 0.15) is 67.1 Å². The molecule has 0 bridgehead atoms. The maximum atomic E-state index is 12.6. The zero-order valence-corrected chi connectivity index (χ0v) is 17.1. The molecule has 2 unspecified atom stereocenters. The van der Waals surface area contributed by atoms with Crippen molar-refractivity contribution in [1.29, 1.82) is 0 Å². The van der Waals surface area contributed by atoms with Gasteiger partial charge in [-0.1, -0.05) is 37.6 Å². The van der Waals surface area contributed by atoms with Crippen LogP contribution in [-0.4, -0.2) is 24.6 Å². The average molecular weight is 395 g/mol. The maximum absolute atomic E-state index is 12.6. The van der Waals surface area contributed by atoms with Crippen molar-refractivity contribution in [3.63, 3.8) is 0 Å². The number of carbonyl (C=O) groups is 2. The molecule has 0 aliphatic heterocycles. The first-order chi connectivity index (χ1) is 14.1. The largest absolute Gasteiger partial charge is 0.494 e. The minimum atomic E-state index is -0.864. The molecule has 0 saturated heterocycles. The second-order valence-electron chi connectivity index (χ2n) is 7.43. The number of rotatable bonds is 8. The molecule has 0 spiro atoms. The van der Waals surface area contributed by atoms with E-state index in [2.05, 4.69) is 24.4 Å². The van der Waals surface area contributed by atoms with Crippen LogP contribution in [0, 0.1) is 0 Å². The Balaban J connectivity index is 1.54. The van der Waals surface area contributed by atoms with Gasteiger partial charge in [-0.3, -0.25) is 4.79 Å². The fourth-order valence-corrected chi connectivity index (χ4v) is 3.50. The number of fused-ring (bicyclic) bond motifs is 1. The van der Waals surface area contributed by atoms with Gasteiger partial charge in [0, 0.05) is 0 Å². The molecule has 2 aromatic rings. The monoisotopic (exact) mass is 395 g/mol. The molecule has 0 fully saturated rings. The van der Waals surface area contributed by atoms with Crippen LogP contribution in [0.15, 0.2) is 48.5 Å². The van der Waals surface area contributed by atoms with Crippen LogP contribution >= 0.6 is 0 Å². The third-order valence-electron chi connectivity index (χ3n) is 5.20. The van der Waals surface area contributed by atoms with Gasteiger partial charge in [-0.25, -0.2) is 4.79 Å². The quantitative estimate of drug-likeness (QED) is 0.524. The molecule has 1 aliphatic rings. The molecule has 29 heavy (non-hydrogen) atoms. The summed E-state index contributed by atoms with van der Waals surface area (Å²) in [6, 6.07) is 14.9. The van der Waals surface area contributed by atoms with E-state index in [9.17, 15) is 9.59 Å². The van der Waals surface area contributed by atoms with Gasteiger partial charge in [0.15, 0.2) is 6.10 Å². The molecule has 1 N–H and O–H groups in total. The number of ether oxygens (including phenoxy) is 2. The zero-order chi connectivity index (χ0) is 20.6. The Morgan fingerprint density at radius 1 is 1.14 bits per heavy atom. The van der Waals surface area contributed by atoms with Gasteiger partial charge in [-0.2, -0.15) is 0 Å². The molecule has 2 atom stereocenters. The van der Waals surface area contributed by atoms with Gasteiger partial charge in [-0.15, -0.1) is 0 Å². The normalized spacial score (nSPS) is 16.4. The van der Waals surface area contributed by atoms with Gasteiger partial charge in [0.1, 0.15) is 5.75 Å². The molecule has 0 radical (unpaired) electrons. The van der Waals surface area contributed by atoms with Gasteiger partial charge >= 0.3 is 5.97 Å². The third kappa shape index (κ3) is 5.59. The molecule has 1 aliphatic carbocycles. The van der Waals surface area contributed by atoms with E-state index in [0.29, 0.717) is 12.2 Å². The van der Waals surface area contributed by atoms with Crippen LogP contribution in [0.25, 0.3) is 0 Å². The number of nitrogens with one attached hydrogen (secondary N) is 1. The summed E-state index contributed by atoms with van der Waals surface area (Å²) < 4.78 is 11.0. The van der Waals surface area contributed by atoms with Crippen LogP contribution in [-0.2, 0) is 16.0 Å². The Hall–Kier alpha value is -2.82. The van der Waals surface area contributed by atoms with E-state index < -0.39 is 12.1 Å². The molecule has 3 rings (SSSR count). The predicted octanol–water partition coefficient (Wildman–Crippen LogP) is 4.60. The van der Waals surface area contributed by atoms with Crippen molar-refractivity contribution in [1.82, 2.24) is 5.32 Å². The number of esters is 1. The molecular weight excluding hydrogens is 366 g/mol. The Kier molecular flexibility index (Phi) is 7.28. The average Bonchev–Trinajstić information content (AvgIpc) is 2.74. The van der Waals surface area contributed by atoms with Crippen molar-refractivity contribution in [2.45, 2.75) is 58.1 Å². The SMILES string of the molecule is CCCCOc1ccc(C(=O)OC(C)C(=O)NC2CCCc3ccccc32)cc1. The zero-order valence-electron chi connectivity index (χ0n) is 17.1. The molecule has 2 aromatic carbocycles. The van der Waals surface area contributed by atoms with Crippen LogP contribution in [0.5, 0.6) is 5.75 Å². The first kappa shape index (κ1) is 20.9. The lowest BCUT2D eigenvalue weighted by Gasteiger charge is -2.27. The van der Waals surface area contributed by atoms with E-state index in [0.717, 1.165) is 43.4 Å². The van der Waals surface area contributed by atoms with Crippen molar-refractivity contribution in [2.24, 2.45) is 0 Å². The van der Waals surface area contributed by atoms with Crippen LogP contribution in [0.2, 0.25) is 0 Å². The van der Waals surface area contributed by atoms with Crippen LogP contribution in [0.3, 0.4) is 0 Å². The second kappa shape index (κ2) is 10.1. The van der Waals surface area contributed by atoms with Crippen LogP contribution < -0.4 is 10.1 Å². The highest BCUT2D eigenvalue weighted by atomic mass is 16.5. The molecule has 5 nitrogen and oxygen atoms in total. The van der Waals surface area contributed by atoms with Gasteiger partial charge < -0.3 is 14.8 Å². The van der Waals surface area contributed by atoms with E-state index in [4.69, 9.17) is 9.47 Å². The summed E-state index contributed by atoms with van der Waals surface area (Å²) in [6.45, 7) is 4.36. The lowest BCUT2D eigenvalue weighted by Crippen LogP contribution is -2.39. The molecule has 0 heterocycles. The number of amides is 1. The van der Waals surface area contributed by atoms with E-state index >= 15 is 0 Å².